The lowest BCUT2D eigenvalue weighted by Gasteiger charge is -2.27. The molecule has 30 heavy (non-hydrogen) atoms. The first kappa shape index (κ1) is 18.9. The molecule has 5 rings (SSSR count). The van der Waals surface area contributed by atoms with Gasteiger partial charge in [0.05, 0.1) is 24.5 Å². The number of rotatable bonds is 5. The van der Waals surface area contributed by atoms with Crippen LogP contribution in [0.5, 0.6) is 0 Å². The molecule has 154 valence electrons. The van der Waals surface area contributed by atoms with Gasteiger partial charge in [-0.05, 0) is 36.4 Å². The van der Waals surface area contributed by atoms with Crippen molar-refractivity contribution in [2.45, 2.75) is 18.1 Å². The molecule has 4 unspecified atom stereocenters. The van der Waals surface area contributed by atoms with Crippen molar-refractivity contribution in [1.82, 2.24) is 9.88 Å². The standard InChI is InChI=1S/C23H22FN3O3/c1-26(13-10-16-4-2-3-12-25-16)21(28)19-18-9-11-23(30-18)14-27(22(29)20(19)23)17-7-5-15(24)6-8-17/h2-9,11-12,18-20H,10,13-14H2,1H3. The Morgan fingerprint density at radius 3 is 2.83 bits per heavy atom. The molecule has 6 nitrogen and oxygen atoms in total. The van der Waals surface area contributed by atoms with Crippen LogP contribution in [0.3, 0.4) is 0 Å². The van der Waals surface area contributed by atoms with E-state index in [1.54, 1.807) is 35.2 Å². The second-order valence-electron chi connectivity index (χ2n) is 8.13. The maximum absolute atomic E-state index is 13.3. The zero-order valence-electron chi connectivity index (χ0n) is 16.6. The van der Waals surface area contributed by atoms with Crippen molar-refractivity contribution in [3.63, 3.8) is 0 Å². The number of likely N-dealkylation sites (N-methyl/N-ethyl adjacent to an activating group) is 1. The first-order valence-corrected chi connectivity index (χ1v) is 10.1. The smallest absolute Gasteiger partial charge is 0.234 e. The molecule has 4 heterocycles. The van der Waals surface area contributed by atoms with E-state index < -0.39 is 17.4 Å². The number of benzene rings is 1. The second kappa shape index (κ2) is 7.02. The van der Waals surface area contributed by atoms with Crippen LogP contribution < -0.4 is 4.90 Å². The van der Waals surface area contributed by atoms with E-state index in [1.165, 1.54) is 12.1 Å². The van der Waals surface area contributed by atoms with Crippen LogP contribution >= 0.6 is 0 Å². The maximum Gasteiger partial charge on any atom is 0.234 e. The van der Waals surface area contributed by atoms with Crippen LogP contribution in [-0.4, -0.2) is 53.5 Å². The van der Waals surface area contributed by atoms with Gasteiger partial charge >= 0.3 is 0 Å². The van der Waals surface area contributed by atoms with Gasteiger partial charge in [-0.3, -0.25) is 14.6 Å². The third-order valence-corrected chi connectivity index (χ3v) is 6.33. The average Bonchev–Trinajstić information content (AvgIpc) is 3.41. The summed E-state index contributed by atoms with van der Waals surface area (Å²) in [5, 5.41) is 0. The summed E-state index contributed by atoms with van der Waals surface area (Å²) in [4.78, 5) is 34.2. The molecule has 7 heteroatoms. The zero-order chi connectivity index (χ0) is 20.9. The summed E-state index contributed by atoms with van der Waals surface area (Å²) in [6.07, 6.45) is 5.80. The lowest BCUT2D eigenvalue weighted by atomic mass is 9.76. The predicted molar refractivity (Wildman–Crippen MR) is 108 cm³/mol. The van der Waals surface area contributed by atoms with Crippen LogP contribution in [0, 0.1) is 17.7 Å². The van der Waals surface area contributed by atoms with Crippen molar-refractivity contribution in [3.05, 3.63) is 72.3 Å². The van der Waals surface area contributed by atoms with E-state index in [4.69, 9.17) is 4.74 Å². The number of fused-ring (bicyclic) bond motifs is 1. The van der Waals surface area contributed by atoms with E-state index in [9.17, 15) is 14.0 Å². The van der Waals surface area contributed by atoms with Crippen molar-refractivity contribution >= 4 is 17.5 Å². The molecule has 0 saturated carbocycles. The fourth-order valence-electron chi connectivity index (χ4n) is 4.81. The molecule has 1 aromatic carbocycles. The van der Waals surface area contributed by atoms with Gasteiger partial charge in [0.2, 0.25) is 11.8 Å². The quantitative estimate of drug-likeness (QED) is 0.713. The number of hydrogen-bond acceptors (Lipinski definition) is 4. The highest BCUT2D eigenvalue weighted by Gasteiger charge is 2.67. The summed E-state index contributed by atoms with van der Waals surface area (Å²) < 4.78 is 19.5. The van der Waals surface area contributed by atoms with E-state index in [2.05, 4.69) is 4.98 Å². The van der Waals surface area contributed by atoms with Crippen LogP contribution in [0.1, 0.15) is 5.69 Å². The van der Waals surface area contributed by atoms with Crippen LogP contribution in [0.2, 0.25) is 0 Å². The molecular weight excluding hydrogens is 385 g/mol. The Kier molecular flexibility index (Phi) is 4.43. The molecule has 0 radical (unpaired) electrons. The fraction of sp³-hybridized carbons (Fsp3) is 0.348. The third kappa shape index (κ3) is 2.92. The number of ether oxygens (including phenoxy) is 1. The number of amides is 2. The third-order valence-electron chi connectivity index (χ3n) is 6.33. The van der Waals surface area contributed by atoms with Crippen LogP contribution in [0.25, 0.3) is 0 Å². The van der Waals surface area contributed by atoms with E-state index >= 15 is 0 Å². The van der Waals surface area contributed by atoms with Gasteiger partial charge in [-0.25, -0.2) is 4.39 Å². The molecule has 2 amide bonds. The molecule has 0 N–H and O–H groups in total. The van der Waals surface area contributed by atoms with Crippen molar-refractivity contribution in [2.75, 3.05) is 25.0 Å². The minimum absolute atomic E-state index is 0.0959. The molecule has 2 fully saturated rings. The first-order chi connectivity index (χ1) is 14.5. The SMILES string of the molecule is CN(CCc1ccccn1)C(=O)C1C2C=CC3(CN(c4ccc(F)cc4)C(=O)C13)O2. The minimum atomic E-state index is -0.793. The Hall–Kier alpha value is -3.06. The maximum atomic E-state index is 13.3. The summed E-state index contributed by atoms with van der Waals surface area (Å²) in [5.74, 6) is -1.72. The van der Waals surface area contributed by atoms with Crippen molar-refractivity contribution in [1.29, 1.82) is 0 Å². The number of nitrogens with zero attached hydrogens (tertiary/aromatic N) is 3. The molecule has 0 aliphatic carbocycles. The van der Waals surface area contributed by atoms with Gasteiger partial charge in [0.15, 0.2) is 0 Å². The lowest BCUT2D eigenvalue weighted by Crippen LogP contribution is -2.45. The Morgan fingerprint density at radius 2 is 2.10 bits per heavy atom. The molecule has 2 saturated heterocycles. The molecule has 3 aliphatic heterocycles. The van der Waals surface area contributed by atoms with Gasteiger partial charge in [0, 0.05) is 37.6 Å². The summed E-state index contributed by atoms with van der Waals surface area (Å²) in [6, 6.07) is 11.5. The second-order valence-corrected chi connectivity index (χ2v) is 8.13. The van der Waals surface area contributed by atoms with Gasteiger partial charge in [0.25, 0.3) is 0 Å². The molecule has 1 spiro atoms. The van der Waals surface area contributed by atoms with Gasteiger partial charge < -0.3 is 14.5 Å². The Labute approximate surface area is 174 Å². The topological polar surface area (TPSA) is 62.7 Å². The number of pyridine rings is 1. The largest absolute Gasteiger partial charge is 0.360 e. The van der Waals surface area contributed by atoms with Crippen molar-refractivity contribution < 1.29 is 18.7 Å². The first-order valence-electron chi connectivity index (χ1n) is 10.1. The number of carbonyl (C=O) groups is 2. The normalized spacial score (nSPS) is 28.8. The van der Waals surface area contributed by atoms with E-state index in [-0.39, 0.29) is 23.7 Å². The fourth-order valence-corrected chi connectivity index (χ4v) is 4.81. The highest BCUT2D eigenvalue weighted by Crippen LogP contribution is 2.53. The van der Waals surface area contributed by atoms with Crippen molar-refractivity contribution in [3.8, 4) is 0 Å². The van der Waals surface area contributed by atoms with Gasteiger partial charge in [0.1, 0.15) is 11.4 Å². The van der Waals surface area contributed by atoms with E-state index in [1.807, 2.05) is 30.4 Å². The average molecular weight is 407 g/mol. The summed E-state index contributed by atoms with van der Waals surface area (Å²) in [6.45, 7) is 0.842. The monoisotopic (exact) mass is 407 g/mol. The zero-order valence-corrected chi connectivity index (χ0v) is 16.6. The molecule has 4 atom stereocenters. The summed E-state index contributed by atoms with van der Waals surface area (Å²) in [5.41, 5.74) is 0.732. The molecule has 1 aromatic heterocycles. The van der Waals surface area contributed by atoms with Crippen LogP contribution in [0.4, 0.5) is 10.1 Å². The molecule has 2 bridgehead atoms. The van der Waals surface area contributed by atoms with E-state index in [0.29, 0.717) is 25.2 Å². The molecule has 2 aromatic rings. The Balaban J connectivity index is 1.35. The predicted octanol–water partition coefficient (Wildman–Crippen LogP) is 2.21. The number of aromatic nitrogens is 1. The summed E-state index contributed by atoms with van der Waals surface area (Å²) in [7, 11) is 1.75. The summed E-state index contributed by atoms with van der Waals surface area (Å²) >= 11 is 0. The number of hydrogen-bond donors (Lipinski definition) is 0. The van der Waals surface area contributed by atoms with Gasteiger partial charge in [-0.2, -0.15) is 0 Å². The van der Waals surface area contributed by atoms with Crippen LogP contribution in [0.15, 0.2) is 60.8 Å². The minimum Gasteiger partial charge on any atom is -0.360 e. The molecular formula is C23H22FN3O3. The lowest BCUT2D eigenvalue weighted by molar-refractivity contribution is -0.139. The van der Waals surface area contributed by atoms with E-state index in [0.717, 1.165) is 5.69 Å². The van der Waals surface area contributed by atoms with Gasteiger partial charge in [-0.1, -0.05) is 18.2 Å². The Morgan fingerprint density at radius 1 is 1.30 bits per heavy atom. The highest BCUT2D eigenvalue weighted by molar-refractivity contribution is 6.03. The molecule has 3 aliphatic rings. The van der Waals surface area contributed by atoms with Gasteiger partial charge in [-0.15, -0.1) is 0 Å². The number of anilines is 1. The van der Waals surface area contributed by atoms with Crippen molar-refractivity contribution in [2.24, 2.45) is 11.8 Å². The highest BCUT2D eigenvalue weighted by atomic mass is 19.1. The number of halogens is 1. The Bertz CT molecular complexity index is 1010. The van der Waals surface area contributed by atoms with Crippen LogP contribution in [-0.2, 0) is 20.7 Å². The number of carbonyl (C=O) groups excluding carboxylic acids is 2.